The van der Waals surface area contributed by atoms with Crippen LogP contribution in [-0.2, 0) is 11.8 Å². The van der Waals surface area contributed by atoms with Crippen molar-refractivity contribution >= 4 is 16.8 Å². The summed E-state index contributed by atoms with van der Waals surface area (Å²) in [6.07, 6.45) is 1.33. The molecule has 0 saturated carbocycles. The number of hydrogen-bond acceptors (Lipinski definition) is 3. The third-order valence-corrected chi connectivity index (χ3v) is 4.33. The fourth-order valence-corrected chi connectivity index (χ4v) is 3.08. The van der Waals surface area contributed by atoms with Gasteiger partial charge in [0.05, 0.1) is 16.9 Å². The van der Waals surface area contributed by atoms with Crippen molar-refractivity contribution in [2.24, 2.45) is 12.5 Å². The molecule has 0 spiro atoms. The first-order chi connectivity index (χ1) is 11.7. The third kappa shape index (κ3) is 4.27. The molecule has 1 heterocycles. The highest BCUT2D eigenvalue weighted by molar-refractivity contribution is 5.78. The van der Waals surface area contributed by atoms with Gasteiger partial charge >= 0.3 is 0 Å². The van der Waals surface area contributed by atoms with Crippen molar-refractivity contribution in [2.45, 2.75) is 53.5 Å². The number of fused-ring (bicyclic) bond motifs is 1. The molecule has 1 atom stereocenters. The van der Waals surface area contributed by atoms with E-state index in [0.29, 0.717) is 29.7 Å². The average molecular weight is 343 g/mol. The van der Waals surface area contributed by atoms with Gasteiger partial charge in [-0.1, -0.05) is 39.8 Å². The van der Waals surface area contributed by atoms with Gasteiger partial charge in [0.25, 0.3) is 5.56 Å². The molecular formula is C20H29N3O2. The van der Waals surface area contributed by atoms with Crippen LogP contribution in [0.4, 0.5) is 0 Å². The Morgan fingerprint density at radius 3 is 2.52 bits per heavy atom. The molecule has 5 heteroatoms. The van der Waals surface area contributed by atoms with E-state index in [1.54, 1.807) is 17.7 Å². The van der Waals surface area contributed by atoms with Crippen molar-refractivity contribution in [3.8, 4) is 0 Å². The lowest BCUT2D eigenvalue weighted by atomic mass is 9.91. The molecule has 5 nitrogen and oxygen atoms in total. The van der Waals surface area contributed by atoms with E-state index in [1.165, 1.54) is 0 Å². The zero-order valence-electron chi connectivity index (χ0n) is 16.2. The van der Waals surface area contributed by atoms with Crippen molar-refractivity contribution in [2.75, 3.05) is 6.54 Å². The minimum atomic E-state index is -0.253. The summed E-state index contributed by atoms with van der Waals surface area (Å²) in [4.78, 5) is 32.0. The topological polar surface area (TPSA) is 55.2 Å². The Kier molecular flexibility index (Phi) is 5.65. The summed E-state index contributed by atoms with van der Waals surface area (Å²) < 4.78 is 1.57. The second-order valence-electron chi connectivity index (χ2n) is 7.85. The minimum absolute atomic E-state index is 0.0767. The number of nitrogens with zero attached hydrogens (tertiary/aromatic N) is 3. The number of amides is 1. The van der Waals surface area contributed by atoms with Gasteiger partial charge in [0.15, 0.2) is 0 Å². The molecule has 0 aliphatic heterocycles. The Hall–Kier alpha value is -2.17. The molecule has 0 fully saturated rings. The van der Waals surface area contributed by atoms with Crippen LogP contribution in [0.2, 0.25) is 0 Å². The first-order valence-electron chi connectivity index (χ1n) is 8.91. The highest BCUT2D eigenvalue weighted by atomic mass is 16.2. The lowest BCUT2D eigenvalue weighted by Crippen LogP contribution is -2.39. The predicted molar refractivity (Wildman–Crippen MR) is 101 cm³/mol. The van der Waals surface area contributed by atoms with Crippen LogP contribution < -0.4 is 5.56 Å². The Morgan fingerprint density at radius 1 is 1.28 bits per heavy atom. The number of para-hydroxylation sites is 1. The maximum absolute atomic E-state index is 12.8. The van der Waals surface area contributed by atoms with E-state index in [2.05, 4.69) is 32.7 Å². The first kappa shape index (κ1) is 19.2. The Labute approximate surface area is 149 Å². The van der Waals surface area contributed by atoms with Gasteiger partial charge in [-0.15, -0.1) is 0 Å². The summed E-state index contributed by atoms with van der Waals surface area (Å²) in [5, 5.41) is 0.601. The molecule has 0 aliphatic rings. The third-order valence-electron chi connectivity index (χ3n) is 4.33. The lowest BCUT2D eigenvalue weighted by molar-refractivity contribution is -0.135. The van der Waals surface area contributed by atoms with Crippen LogP contribution in [-0.4, -0.2) is 26.9 Å². The molecule has 0 bridgehead atoms. The van der Waals surface area contributed by atoms with E-state index in [0.717, 1.165) is 6.42 Å². The van der Waals surface area contributed by atoms with Gasteiger partial charge in [0.2, 0.25) is 5.91 Å². The fourth-order valence-electron chi connectivity index (χ4n) is 3.08. The van der Waals surface area contributed by atoms with Gasteiger partial charge in [-0.2, -0.15) is 0 Å². The summed E-state index contributed by atoms with van der Waals surface area (Å²) in [5.74, 6) is 0.726. The molecule has 0 aliphatic carbocycles. The molecule has 0 saturated heterocycles. The van der Waals surface area contributed by atoms with Crippen molar-refractivity contribution in [1.29, 1.82) is 0 Å². The maximum atomic E-state index is 12.8. The van der Waals surface area contributed by atoms with Crippen LogP contribution in [0.5, 0.6) is 0 Å². The van der Waals surface area contributed by atoms with E-state index in [4.69, 9.17) is 0 Å². The van der Waals surface area contributed by atoms with Gasteiger partial charge in [0, 0.05) is 20.0 Å². The number of carbonyl (C=O) groups is 1. The van der Waals surface area contributed by atoms with Crippen LogP contribution in [0.3, 0.4) is 0 Å². The van der Waals surface area contributed by atoms with E-state index in [9.17, 15) is 9.59 Å². The highest BCUT2D eigenvalue weighted by Crippen LogP contribution is 2.25. The van der Waals surface area contributed by atoms with Crippen molar-refractivity contribution < 1.29 is 4.79 Å². The SMILES string of the molecule is CCCN(C(=O)CC(C)(C)C)C(C)c1nc2ccccc2c(=O)n1C. The molecule has 0 N–H and O–H groups in total. The zero-order valence-corrected chi connectivity index (χ0v) is 16.2. The molecule has 0 radical (unpaired) electrons. The van der Waals surface area contributed by atoms with E-state index < -0.39 is 0 Å². The summed E-state index contributed by atoms with van der Waals surface area (Å²) in [6, 6.07) is 7.08. The van der Waals surface area contributed by atoms with Crippen molar-refractivity contribution in [1.82, 2.24) is 14.5 Å². The van der Waals surface area contributed by atoms with Crippen LogP contribution >= 0.6 is 0 Å². The summed E-state index contributed by atoms with van der Waals surface area (Å²) >= 11 is 0. The quantitative estimate of drug-likeness (QED) is 0.832. The molecule has 25 heavy (non-hydrogen) atoms. The Morgan fingerprint density at radius 2 is 1.92 bits per heavy atom. The second kappa shape index (κ2) is 7.38. The number of benzene rings is 1. The van der Waals surface area contributed by atoms with Gasteiger partial charge in [-0.3, -0.25) is 14.2 Å². The average Bonchev–Trinajstić information content (AvgIpc) is 2.53. The van der Waals surface area contributed by atoms with E-state index in [-0.39, 0.29) is 22.9 Å². The van der Waals surface area contributed by atoms with Gasteiger partial charge in [-0.05, 0) is 30.9 Å². The Balaban J connectivity index is 2.47. The largest absolute Gasteiger partial charge is 0.333 e. The van der Waals surface area contributed by atoms with Gasteiger partial charge in [-0.25, -0.2) is 4.98 Å². The van der Waals surface area contributed by atoms with Crippen molar-refractivity contribution in [3.05, 3.63) is 40.4 Å². The molecule has 2 aromatic rings. The molecule has 1 aromatic heterocycles. The van der Waals surface area contributed by atoms with Crippen LogP contribution in [0.25, 0.3) is 10.9 Å². The maximum Gasteiger partial charge on any atom is 0.261 e. The molecule has 1 unspecified atom stereocenters. The van der Waals surface area contributed by atoms with Crippen LogP contribution in [0.15, 0.2) is 29.1 Å². The molecular weight excluding hydrogens is 314 g/mol. The second-order valence-corrected chi connectivity index (χ2v) is 7.85. The zero-order chi connectivity index (χ0) is 18.8. The monoisotopic (exact) mass is 343 g/mol. The summed E-state index contributed by atoms with van der Waals surface area (Å²) in [5.41, 5.74) is 0.519. The summed E-state index contributed by atoms with van der Waals surface area (Å²) in [6.45, 7) is 10.8. The summed E-state index contributed by atoms with van der Waals surface area (Å²) in [7, 11) is 1.73. The molecule has 1 amide bonds. The molecule has 136 valence electrons. The molecule has 2 rings (SSSR count). The number of carbonyl (C=O) groups excluding carboxylic acids is 1. The number of aromatic nitrogens is 2. The Bertz CT molecular complexity index is 818. The lowest BCUT2D eigenvalue weighted by Gasteiger charge is -2.32. The smallest absolute Gasteiger partial charge is 0.261 e. The fraction of sp³-hybridized carbons (Fsp3) is 0.550. The van der Waals surface area contributed by atoms with Crippen LogP contribution in [0.1, 0.15) is 59.3 Å². The van der Waals surface area contributed by atoms with Gasteiger partial charge < -0.3 is 4.90 Å². The van der Waals surface area contributed by atoms with E-state index in [1.807, 2.05) is 30.0 Å². The predicted octanol–water partition coefficient (Wildman–Crippen LogP) is 3.67. The van der Waals surface area contributed by atoms with E-state index >= 15 is 0 Å². The first-order valence-corrected chi connectivity index (χ1v) is 8.91. The number of hydrogen-bond donors (Lipinski definition) is 0. The normalized spacial score (nSPS) is 13.0. The van der Waals surface area contributed by atoms with Crippen LogP contribution in [0, 0.1) is 5.41 Å². The standard InChI is InChI=1S/C20H29N3O2/c1-7-12-23(17(24)13-20(3,4)5)14(2)18-21-16-11-9-8-10-15(16)19(25)22(18)6/h8-11,14H,7,12-13H2,1-6H3. The highest BCUT2D eigenvalue weighted by Gasteiger charge is 2.27. The minimum Gasteiger partial charge on any atom is -0.333 e. The number of rotatable bonds is 5. The van der Waals surface area contributed by atoms with Crippen molar-refractivity contribution in [3.63, 3.8) is 0 Å². The molecule has 1 aromatic carbocycles. The van der Waals surface area contributed by atoms with Gasteiger partial charge in [0.1, 0.15) is 5.82 Å².